The average Bonchev–Trinajstić information content (AvgIpc) is 3.21. The number of nitrogens with zero attached hydrogens (tertiary/aromatic N) is 1. The van der Waals surface area contributed by atoms with Gasteiger partial charge < -0.3 is 10.1 Å². The Morgan fingerprint density at radius 1 is 1.12 bits per heavy atom. The van der Waals surface area contributed by atoms with Gasteiger partial charge in [0.25, 0.3) is 5.91 Å². The minimum atomic E-state index is -0.320. The summed E-state index contributed by atoms with van der Waals surface area (Å²) in [6.07, 6.45) is 0. The predicted octanol–water partition coefficient (Wildman–Crippen LogP) is 6.78. The van der Waals surface area contributed by atoms with Crippen LogP contribution in [0.2, 0.25) is 5.02 Å². The van der Waals surface area contributed by atoms with Crippen LogP contribution in [0.4, 0.5) is 5.69 Å². The number of para-hydroxylation sites is 1. The van der Waals surface area contributed by atoms with E-state index < -0.39 is 0 Å². The Labute approximate surface area is 206 Å². The van der Waals surface area contributed by atoms with Gasteiger partial charge in [-0.1, -0.05) is 43.6 Å². The zero-order valence-corrected chi connectivity index (χ0v) is 20.5. The molecule has 0 spiro atoms. The molecule has 1 heterocycles. The van der Waals surface area contributed by atoms with Gasteiger partial charge in [-0.05, 0) is 66.7 Å². The van der Waals surface area contributed by atoms with E-state index in [9.17, 15) is 4.79 Å². The Bertz CT molecular complexity index is 1290. The standard InChI is InChI=1S/C25H22ClN3O2S2/c1-15(2)14-31-18-7-5-6-16(12-18)23(30)29-25(32)27-17-10-11-19(20(26)13-17)24-28-21-8-3-4-9-22(21)33-24/h3-13,15H,14H2,1-2H3,(H2,27,29,30,32). The number of halogens is 1. The minimum absolute atomic E-state index is 0.178. The zero-order valence-electron chi connectivity index (χ0n) is 18.1. The number of amides is 1. The number of thiazole rings is 1. The van der Waals surface area contributed by atoms with Crippen LogP contribution in [0.3, 0.4) is 0 Å². The van der Waals surface area contributed by atoms with E-state index in [1.54, 1.807) is 35.6 Å². The summed E-state index contributed by atoms with van der Waals surface area (Å²) in [5.74, 6) is 0.722. The van der Waals surface area contributed by atoms with Crippen LogP contribution < -0.4 is 15.4 Å². The van der Waals surface area contributed by atoms with Crippen LogP contribution in [0.1, 0.15) is 24.2 Å². The number of hydrogen-bond donors (Lipinski definition) is 2. The Hall–Kier alpha value is -3.00. The molecule has 0 fully saturated rings. The molecule has 0 saturated heterocycles. The van der Waals surface area contributed by atoms with Crippen LogP contribution in [0, 0.1) is 5.92 Å². The molecule has 0 saturated carbocycles. The molecule has 0 radical (unpaired) electrons. The van der Waals surface area contributed by atoms with E-state index in [2.05, 4.69) is 29.5 Å². The van der Waals surface area contributed by atoms with Gasteiger partial charge in [-0.3, -0.25) is 10.1 Å². The third-order valence-electron chi connectivity index (χ3n) is 4.66. The number of thiocarbonyl (C=S) groups is 1. The largest absolute Gasteiger partial charge is 0.493 e. The van der Waals surface area contributed by atoms with Crippen LogP contribution in [-0.2, 0) is 0 Å². The molecule has 0 atom stereocenters. The first-order chi connectivity index (χ1) is 15.9. The maximum absolute atomic E-state index is 12.6. The van der Waals surface area contributed by atoms with Gasteiger partial charge >= 0.3 is 0 Å². The highest BCUT2D eigenvalue weighted by molar-refractivity contribution is 7.80. The number of carbonyl (C=O) groups is 1. The zero-order chi connectivity index (χ0) is 23.4. The fraction of sp³-hybridized carbons (Fsp3) is 0.160. The van der Waals surface area contributed by atoms with Crippen LogP contribution in [-0.4, -0.2) is 22.6 Å². The second-order valence-electron chi connectivity index (χ2n) is 7.82. The second-order valence-corrected chi connectivity index (χ2v) is 9.67. The number of nitrogens with one attached hydrogen (secondary N) is 2. The third kappa shape index (κ3) is 5.87. The van der Waals surface area contributed by atoms with Gasteiger partial charge in [0.2, 0.25) is 0 Å². The fourth-order valence-corrected chi connectivity index (χ4v) is 4.62. The lowest BCUT2D eigenvalue weighted by atomic mass is 10.2. The topological polar surface area (TPSA) is 63.2 Å². The summed E-state index contributed by atoms with van der Waals surface area (Å²) < 4.78 is 6.80. The highest BCUT2D eigenvalue weighted by Crippen LogP contribution is 2.35. The first kappa shape index (κ1) is 23.2. The molecule has 0 aliphatic heterocycles. The van der Waals surface area contributed by atoms with Crippen molar-refractivity contribution in [3.63, 3.8) is 0 Å². The third-order valence-corrected chi connectivity index (χ3v) is 6.24. The molecule has 5 nitrogen and oxygen atoms in total. The lowest BCUT2D eigenvalue weighted by molar-refractivity contribution is 0.0977. The summed E-state index contributed by atoms with van der Waals surface area (Å²) in [4.78, 5) is 17.3. The molecule has 0 bridgehead atoms. The van der Waals surface area contributed by atoms with Gasteiger partial charge in [0.1, 0.15) is 10.8 Å². The first-order valence-corrected chi connectivity index (χ1v) is 12.0. The van der Waals surface area contributed by atoms with Crippen LogP contribution in [0.25, 0.3) is 20.8 Å². The number of benzene rings is 3. The second kappa shape index (κ2) is 10.3. The summed E-state index contributed by atoms with van der Waals surface area (Å²) in [5.41, 5.74) is 2.92. The molecule has 168 valence electrons. The molecule has 8 heteroatoms. The average molecular weight is 496 g/mol. The normalized spacial score (nSPS) is 10.9. The van der Waals surface area contributed by atoms with E-state index >= 15 is 0 Å². The van der Waals surface area contributed by atoms with Crippen molar-refractivity contribution in [2.45, 2.75) is 13.8 Å². The van der Waals surface area contributed by atoms with Gasteiger partial charge in [-0.15, -0.1) is 11.3 Å². The van der Waals surface area contributed by atoms with Crippen LogP contribution in [0.5, 0.6) is 5.75 Å². The number of hydrogen-bond acceptors (Lipinski definition) is 5. The SMILES string of the molecule is CC(C)COc1cccc(C(=O)NC(=S)Nc2ccc(-c3nc4ccccc4s3)c(Cl)c2)c1. The highest BCUT2D eigenvalue weighted by atomic mass is 35.5. The van der Waals surface area contributed by atoms with E-state index in [1.807, 2.05) is 42.5 Å². The molecule has 4 aromatic rings. The van der Waals surface area contributed by atoms with Gasteiger partial charge in [-0.25, -0.2) is 4.98 Å². The quantitative estimate of drug-likeness (QED) is 0.289. The van der Waals surface area contributed by atoms with Gasteiger partial charge in [0, 0.05) is 16.8 Å². The van der Waals surface area contributed by atoms with E-state index in [0.717, 1.165) is 20.8 Å². The first-order valence-electron chi connectivity index (χ1n) is 10.4. The molecule has 1 amide bonds. The summed E-state index contributed by atoms with van der Waals surface area (Å²) in [6, 6.07) is 20.5. The van der Waals surface area contributed by atoms with Crippen molar-refractivity contribution in [1.82, 2.24) is 10.3 Å². The minimum Gasteiger partial charge on any atom is -0.493 e. The lowest BCUT2D eigenvalue weighted by Gasteiger charge is -2.12. The summed E-state index contributed by atoms with van der Waals surface area (Å²) in [5, 5.41) is 7.28. The molecule has 0 aliphatic carbocycles. The van der Waals surface area contributed by atoms with Crippen molar-refractivity contribution < 1.29 is 9.53 Å². The summed E-state index contributed by atoms with van der Waals surface area (Å²) >= 11 is 13.4. The number of anilines is 1. The van der Waals surface area contributed by atoms with Gasteiger partial charge in [-0.2, -0.15) is 0 Å². The van der Waals surface area contributed by atoms with Crippen molar-refractivity contribution in [2.75, 3.05) is 11.9 Å². The molecule has 2 N–H and O–H groups in total. The van der Waals surface area contributed by atoms with Crippen molar-refractivity contribution >= 4 is 62.1 Å². The van der Waals surface area contributed by atoms with E-state index in [0.29, 0.717) is 34.5 Å². The Morgan fingerprint density at radius 3 is 2.70 bits per heavy atom. The van der Waals surface area contributed by atoms with Gasteiger partial charge in [0.15, 0.2) is 5.11 Å². The molecule has 0 unspecified atom stereocenters. The van der Waals surface area contributed by atoms with Crippen molar-refractivity contribution in [3.05, 3.63) is 77.3 Å². The van der Waals surface area contributed by atoms with E-state index in [4.69, 9.17) is 28.6 Å². The van der Waals surface area contributed by atoms with Crippen molar-refractivity contribution in [2.24, 2.45) is 5.92 Å². The van der Waals surface area contributed by atoms with Crippen molar-refractivity contribution in [3.8, 4) is 16.3 Å². The maximum Gasteiger partial charge on any atom is 0.257 e. The maximum atomic E-state index is 12.6. The molecular weight excluding hydrogens is 474 g/mol. The fourth-order valence-electron chi connectivity index (χ4n) is 3.08. The van der Waals surface area contributed by atoms with Crippen LogP contribution >= 0.6 is 35.2 Å². The smallest absolute Gasteiger partial charge is 0.257 e. The molecule has 33 heavy (non-hydrogen) atoms. The monoisotopic (exact) mass is 495 g/mol. The summed E-state index contributed by atoms with van der Waals surface area (Å²) in [7, 11) is 0. The molecule has 0 aliphatic rings. The Morgan fingerprint density at radius 2 is 1.94 bits per heavy atom. The number of aromatic nitrogens is 1. The molecule has 4 rings (SSSR count). The number of fused-ring (bicyclic) bond motifs is 1. The highest BCUT2D eigenvalue weighted by Gasteiger charge is 2.13. The van der Waals surface area contributed by atoms with E-state index in [-0.39, 0.29) is 11.0 Å². The van der Waals surface area contributed by atoms with E-state index in [1.165, 1.54) is 0 Å². The summed E-state index contributed by atoms with van der Waals surface area (Å²) in [6.45, 7) is 4.72. The Kier molecular flexibility index (Phi) is 7.23. The number of ether oxygens (including phenoxy) is 1. The van der Waals surface area contributed by atoms with Crippen LogP contribution in [0.15, 0.2) is 66.7 Å². The number of rotatable bonds is 6. The predicted molar refractivity (Wildman–Crippen MR) is 141 cm³/mol. The molecule has 3 aromatic carbocycles. The molecular formula is C25H22ClN3O2S2. The Balaban J connectivity index is 1.41. The van der Waals surface area contributed by atoms with Gasteiger partial charge in [0.05, 0.1) is 21.8 Å². The number of carbonyl (C=O) groups excluding carboxylic acids is 1. The lowest BCUT2D eigenvalue weighted by Crippen LogP contribution is -2.34. The van der Waals surface area contributed by atoms with Crippen molar-refractivity contribution in [1.29, 1.82) is 0 Å². The molecule has 1 aromatic heterocycles.